The molecule has 0 saturated heterocycles. The number of unbranched alkanes of at least 4 members (excludes halogenated alkanes) is 1. The normalized spacial score (nSPS) is 27.0. The molecule has 10 nitrogen and oxygen atoms in total. The molecule has 4 aliphatic rings. The van der Waals surface area contributed by atoms with E-state index in [1.807, 2.05) is 25.7 Å². The monoisotopic (exact) mass is 969 g/mol. The number of carbonyl (C=O) groups is 3. The number of hydrogen-bond donors (Lipinski definition) is 3. The van der Waals surface area contributed by atoms with Crippen molar-refractivity contribution < 1.29 is 28.6 Å². The molecular weight excluding hydrogens is 861 g/mol. The van der Waals surface area contributed by atoms with Gasteiger partial charge in [-0.05, 0) is 194 Å². The molecule has 0 spiro atoms. The molecule has 0 unspecified atom stereocenters. The lowest BCUT2D eigenvalue weighted by Gasteiger charge is -2.58. The van der Waals surface area contributed by atoms with Crippen LogP contribution in [-0.2, 0) is 14.2 Å². The molecule has 3 amide bonds. The summed E-state index contributed by atoms with van der Waals surface area (Å²) in [6.45, 7) is 38.4. The molecule has 0 aliphatic heterocycles. The first-order valence-corrected chi connectivity index (χ1v) is 28.6. The highest BCUT2D eigenvalue weighted by atomic mass is 16.6. The van der Waals surface area contributed by atoms with E-state index in [1.54, 1.807) is 5.57 Å². The van der Waals surface area contributed by atoms with Crippen molar-refractivity contribution in [3.63, 3.8) is 0 Å². The number of rotatable bonds is 25. The Hall–Kier alpha value is -2.49. The fourth-order valence-electron chi connectivity index (χ4n) is 14.0. The van der Waals surface area contributed by atoms with Gasteiger partial charge in [-0.25, -0.2) is 14.4 Å². The smallest absolute Gasteiger partial charge is 0.410 e. The largest absolute Gasteiger partial charge is 0.449 e. The average molecular weight is 970 g/mol. The van der Waals surface area contributed by atoms with Crippen molar-refractivity contribution in [1.29, 1.82) is 0 Å². The van der Waals surface area contributed by atoms with Crippen molar-refractivity contribution >= 4 is 18.3 Å². The van der Waals surface area contributed by atoms with Crippen LogP contribution in [0.4, 0.5) is 14.4 Å². The minimum absolute atomic E-state index is 0.0874. The topological polar surface area (TPSA) is 118 Å². The van der Waals surface area contributed by atoms with E-state index in [0.717, 1.165) is 119 Å². The van der Waals surface area contributed by atoms with Crippen LogP contribution in [0.5, 0.6) is 0 Å². The van der Waals surface area contributed by atoms with E-state index in [1.165, 1.54) is 51.4 Å². The van der Waals surface area contributed by atoms with Gasteiger partial charge >= 0.3 is 18.3 Å². The van der Waals surface area contributed by atoms with Crippen molar-refractivity contribution in [2.45, 2.75) is 256 Å². The second-order valence-corrected chi connectivity index (χ2v) is 26.0. The minimum Gasteiger partial charge on any atom is -0.449 e. The zero-order valence-corrected chi connectivity index (χ0v) is 47.6. The summed E-state index contributed by atoms with van der Waals surface area (Å²) in [6.07, 6.45) is 21.3. The fraction of sp³-hybridized carbons (Fsp3) is 0.915. The number of ether oxygens (including phenoxy) is 3. The Balaban J connectivity index is 1.39. The molecule has 69 heavy (non-hydrogen) atoms. The summed E-state index contributed by atoms with van der Waals surface area (Å²) >= 11 is 0. The second-order valence-electron chi connectivity index (χ2n) is 26.0. The third kappa shape index (κ3) is 16.0. The van der Waals surface area contributed by atoms with Crippen LogP contribution < -0.4 is 16.0 Å². The first-order chi connectivity index (χ1) is 32.3. The van der Waals surface area contributed by atoms with Gasteiger partial charge in [0.15, 0.2) is 0 Å². The second kappa shape index (κ2) is 25.4. The molecule has 4 aliphatic carbocycles. The molecule has 0 aromatic heterocycles. The Kier molecular flexibility index (Phi) is 21.8. The molecule has 0 bridgehead atoms. The van der Waals surface area contributed by atoms with E-state index in [-0.39, 0.29) is 34.7 Å². The maximum absolute atomic E-state index is 14.4. The summed E-state index contributed by atoms with van der Waals surface area (Å²) < 4.78 is 17.8. The van der Waals surface area contributed by atoms with Crippen molar-refractivity contribution in [1.82, 2.24) is 20.9 Å². The number of hydrogen-bond acceptors (Lipinski definition) is 7. The Morgan fingerprint density at radius 3 is 2.03 bits per heavy atom. The summed E-state index contributed by atoms with van der Waals surface area (Å²) in [5, 5.41) is 10.00. The third-order valence-corrected chi connectivity index (χ3v) is 19.0. The number of amides is 3. The van der Waals surface area contributed by atoms with Crippen LogP contribution in [0.1, 0.15) is 233 Å². The van der Waals surface area contributed by atoms with Crippen molar-refractivity contribution in [3.8, 4) is 0 Å². The highest BCUT2D eigenvalue weighted by Crippen LogP contribution is 2.67. The van der Waals surface area contributed by atoms with E-state index in [0.29, 0.717) is 31.5 Å². The van der Waals surface area contributed by atoms with Gasteiger partial charge in [0, 0.05) is 30.6 Å². The van der Waals surface area contributed by atoms with Gasteiger partial charge in [-0.15, -0.1) is 0 Å². The molecule has 3 N–H and O–H groups in total. The molecule has 9 atom stereocenters. The van der Waals surface area contributed by atoms with Gasteiger partial charge in [0.25, 0.3) is 0 Å². The number of nitrogens with zero attached hydrogens (tertiary/aromatic N) is 1. The quantitative estimate of drug-likeness (QED) is 0.0474. The first-order valence-electron chi connectivity index (χ1n) is 28.6. The molecule has 400 valence electrons. The van der Waals surface area contributed by atoms with Gasteiger partial charge in [0.2, 0.25) is 0 Å². The molecule has 0 heterocycles. The Morgan fingerprint density at radius 1 is 0.768 bits per heavy atom. The van der Waals surface area contributed by atoms with Gasteiger partial charge in [0.1, 0.15) is 11.7 Å². The van der Waals surface area contributed by atoms with Crippen LogP contribution in [0.2, 0.25) is 0 Å². The summed E-state index contributed by atoms with van der Waals surface area (Å²) in [5.41, 5.74) is 0.668. The summed E-state index contributed by atoms with van der Waals surface area (Å²) in [7, 11) is 0. The lowest BCUT2D eigenvalue weighted by Crippen LogP contribution is -2.52. The standard InChI is InChI=1S/C59H108N4O6/c1-17-44(42(6)7)25-24-43(8)48-28-29-49-47-27-26-45-40-46(30-32-56(45,15)50(47)31-33-57(48,49)16)68-53(66)63(39-35-59(20-4,21-5)62-52(65)69-55(12,13)14)38-23-22-36-60-37-34-58(18-2,19-3)61-51(64)67-41-54(9,10)11/h26,42-44,46-50,60H,17-25,27-41H2,1-16H3,(H,61,64)(H,62,65)/t43-,44-,46+,47+,48-,49+,50+,56+,57-/m1/s1. The minimum atomic E-state index is -0.601. The van der Waals surface area contributed by atoms with Crippen molar-refractivity contribution in [3.05, 3.63) is 11.6 Å². The third-order valence-electron chi connectivity index (χ3n) is 19.0. The zero-order valence-electron chi connectivity index (χ0n) is 47.6. The SMILES string of the molecule is CC[C@H](CC[C@@H](C)[C@H]1CC[C@H]2[C@@H]3CC=C4C[C@@H](OC(=O)N(CCCCNCCC(CC)(CC)NC(=O)OCC(C)(C)C)CCC(CC)(CC)NC(=O)OC(C)(C)C)CC[C@]4(C)[C@H]3CC[C@]12C)C(C)C. The Bertz CT molecular complexity index is 1640. The lowest BCUT2D eigenvalue weighted by atomic mass is 9.47. The molecule has 4 rings (SSSR count). The van der Waals surface area contributed by atoms with Gasteiger partial charge in [-0.2, -0.15) is 0 Å². The van der Waals surface area contributed by atoms with Crippen LogP contribution in [-0.4, -0.2) is 78.7 Å². The van der Waals surface area contributed by atoms with Gasteiger partial charge in [-0.3, -0.25) is 0 Å². The Labute approximate surface area is 423 Å². The van der Waals surface area contributed by atoms with E-state index >= 15 is 0 Å². The number of alkyl carbamates (subject to hydrolysis) is 2. The predicted molar refractivity (Wildman–Crippen MR) is 285 cm³/mol. The number of allylic oxidation sites excluding steroid dienone is 1. The fourth-order valence-corrected chi connectivity index (χ4v) is 14.0. The number of fused-ring (bicyclic) bond motifs is 5. The van der Waals surface area contributed by atoms with Crippen LogP contribution in [0.15, 0.2) is 11.6 Å². The molecule has 0 radical (unpaired) electrons. The van der Waals surface area contributed by atoms with Gasteiger partial charge in [-0.1, -0.05) is 114 Å². The lowest BCUT2D eigenvalue weighted by molar-refractivity contribution is -0.0596. The average Bonchev–Trinajstić information content (AvgIpc) is 3.64. The Morgan fingerprint density at radius 2 is 1.42 bits per heavy atom. The molecule has 0 aromatic carbocycles. The molecular formula is C59H108N4O6. The summed E-state index contributed by atoms with van der Waals surface area (Å²) in [6, 6.07) is 0. The molecule has 3 saturated carbocycles. The van der Waals surface area contributed by atoms with Crippen molar-refractivity contribution in [2.24, 2.45) is 57.7 Å². The zero-order chi connectivity index (χ0) is 51.4. The maximum Gasteiger partial charge on any atom is 0.410 e. The molecule has 10 heteroatoms. The van der Waals surface area contributed by atoms with Crippen LogP contribution in [0, 0.1) is 57.7 Å². The van der Waals surface area contributed by atoms with Crippen molar-refractivity contribution in [2.75, 3.05) is 32.8 Å². The number of nitrogens with one attached hydrogen (secondary N) is 3. The highest BCUT2D eigenvalue weighted by molar-refractivity contribution is 5.69. The molecule has 3 fully saturated rings. The van der Waals surface area contributed by atoms with E-state index < -0.39 is 17.2 Å². The maximum atomic E-state index is 14.4. The predicted octanol–water partition coefficient (Wildman–Crippen LogP) is 15.0. The van der Waals surface area contributed by atoms with E-state index in [4.69, 9.17) is 14.2 Å². The summed E-state index contributed by atoms with van der Waals surface area (Å²) in [4.78, 5) is 42.1. The molecule has 0 aromatic rings. The van der Waals surface area contributed by atoms with Crippen LogP contribution in [0.3, 0.4) is 0 Å². The van der Waals surface area contributed by atoms with E-state index in [9.17, 15) is 14.4 Å². The number of carbonyl (C=O) groups excluding carboxylic acids is 3. The van der Waals surface area contributed by atoms with Gasteiger partial charge < -0.3 is 35.1 Å². The summed E-state index contributed by atoms with van der Waals surface area (Å²) in [5.74, 6) is 5.58. The van der Waals surface area contributed by atoms with Crippen LogP contribution in [0.25, 0.3) is 0 Å². The van der Waals surface area contributed by atoms with E-state index in [2.05, 4.69) is 112 Å². The highest BCUT2D eigenvalue weighted by Gasteiger charge is 2.59. The van der Waals surface area contributed by atoms with Crippen LogP contribution >= 0.6 is 0 Å². The first kappa shape index (κ1) is 59.1. The van der Waals surface area contributed by atoms with Gasteiger partial charge in [0.05, 0.1) is 6.61 Å².